The SMILES string of the molecule is O=C(c1cnc[nH]c1=O)N1CCCC(N2CCN(c3cccc(Cl)c3)CC2)C1. The van der Waals surface area contributed by atoms with E-state index in [-0.39, 0.29) is 17.0 Å². The van der Waals surface area contributed by atoms with E-state index < -0.39 is 0 Å². The zero-order valence-corrected chi connectivity index (χ0v) is 16.4. The number of hydrogen-bond donors (Lipinski definition) is 1. The minimum atomic E-state index is -0.378. The van der Waals surface area contributed by atoms with Crippen molar-refractivity contribution in [3.8, 4) is 0 Å². The van der Waals surface area contributed by atoms with Gasteiger partial charge in [-0.2, -0.15) is 0 Å². The molecule has 1 amide bonds. The molecule has 2 aromatic rings. The van der Waals surface area contributed by atoms with Crippen LogP contribution in [0, 0.1) is 0 Å². The van der Waals surface area contributed by atoms with Crippen LogP contribution in [0.25, 0.3) is 0 Å². The number of rotatable bonds is 3. The second-order valence-corrected chi connectivity index (χ2v) is 7.78. The Morgan fingerprint density at radius 1 is 1.18 bits per heavy atom. The number of piperidine rings is 1. The number of anilines is 1. The van der Waals surface area contributed by atoms with Crippen molar-refractivity contribution >= 4 is 23.2 Å². The molecule has 1 aromatic heterocycles. The highest BCUT2D eigenvalue weighted by Crippen LogP contribution is 2.23. The van der Waals surface area contributed by atoms with Gasteiger partial charge in [-0.1, -0.05) is 17.7 Å². The lowest BCUT2D eigenvalue weighted by Crippen LogP contribution is -2.56. The number of carbonyl (C=O) groups excluding carboxylic acids is 1. The van der Waals surface area contributed by atoms with Crippen LogP contribution in [-0.2, 0) is 0 Å². The third kappa shape index (κ3) is 4.05. The molecule has 0 saturated carbocycles. The maximum Gasteiger partial charge on any atom is 0.263 e. The van der Waals surface area contributed by atoms with E-state index in [0.29, 0.717) is 19.1 Å². The first-order valence-electron chi connectivity index (χ1n) is 9.68. The number of benzene rings is 1. The van der Waals surface area contributed by atoms with Gasteiger partial charge < -0.3 is 14.8 Å². The van der Waals surface area contributed by atoms with Gasteiger partial charge in [-0.15, -0.1) is 0 Å². The van der Waals surface area contributed by atoms with Crippen molar-refractivity contribution in [2.45, 2.75) is 18.9 Å². The fraction of sp³-hybridized carbons (Fsp3) is 0.450. The van der Waals surface area contributed by atoms with E-state index in [4.69, 9.17) is 11.6 Å². The van der Waals surface area contributed by atoms with Crippen LogP contribution in [0.5, 0.6) is 0 Å². The molecule has 1 aromatic carbocycles. The highest BCUT2D eigenvalue weighted by molar-refractivity contribution is 6.30. The number of H-pyrrole nitrogens is 1. The lowest BCUT2D eigenvalue weighted by Gasteiger charge is -2.44. The van der Waals surface area contributed by atoms with Crippen molar-refractivity contribution in [3.05, 3.63) is 57.7 Å². The molecule has 0 bridgehead atoms. The average Bonchev–Trinajstić information content (AvgIpc) is 2.74. The minimum Gasteiger partial charge on any atom is -0.369 e. The van der Waals surface area contributed by atoms with Gasteiger partial charge in [-0.05, 0) is 31.0 Å². The fourth-order valence-electron chi connectivity index (χ4n) is 4.12. The maximum atomic E-state index is 12.7. The van der Waals surface area contributed by atoms with Gasteiger partial charge in [-0.3, -0.25) is 14.5 Å². The number of piperazine rings is 1. The van der Waals surface area contributed by atoms with E-state index in [1.165, 1.54) is 12.5 Å². The average molecular weight is 402 g/mol. The molecule has 28 heavy (non-hydrogen) atoms. The molecule has 2 aliphatic heterocycles. The minimum absolute atomic E-state index is 0.119. The molecule has 1 atom stereocenters. The van der Waals surface area contributed by atoms with Crippen LogP contribution in [0.15, 0.2) is 41.6 Å². The predicted octanol–water partition coefficient (Wildman–Crippen LogP) is 1.85. The Hall–Kier alpha value is -2.38. The summed E-state index contributed by atoms with van der Waals surface area (Å²) in [5.41, 5.74) is 0.898. The first-order chi connectivity index (χ1) is 13.6. The zero-order valence-electron chi connectivity index (χ0n) is 15.7. The van der Waals surface area contributed by atoms with Gasteiger partial charge in [0, 0.05) is 62.2 Å². The molecule has 1 N–H and O–H groups in total. The lowest BCUT2D eigenvalue weighted by molar-refractivity contribution is 0.0561. The Labute approximate surface area is 168 Å². The van der Waals surface area contributed by atoms with E-state index in [0.717, 1.165) is 49.7 Å². The lowest BCUT2D eigenvalue weighted by atomic mass is 10.0. The van der Waals surface area contributed by atoms with Crippen LogP contribution in [0.2, 0.25) is 5.02 Å². The third-order valence-corrected chi connectivity index (χ3v) is 5.87. The molecule has 0 spiro atoms. The Bertz CT molecular complexity index is 894. The van der Waals surface area contributed by atoms with Crippen LogP contribution < -0.4 is 10.5 Å². The molecular weight excluding hydrogens is 378 g/mol. The van der Waals surface area contributed by atoms with E-state index in [1.807, 2.05) is 18.2 Å². The van der Waals surface area contributed by atoms with Gasteiger partial charge in [0.2, 0.25) is 0 Å². The molecule has 2 saturated heterocycles. The number of hydrogen-bond acceptors (Lipinski definition) is 5. The number of nitrogens with zero attached hydrogens (tertiary/aromatic N) is 4. The van der Waals surface area contributed by atoms with Crippen molar-refractivity contribution in [2.24, 2.45) is 0 Å². The van der Waals surface area contributed by atoms with Crippen molar-refractivity contribution in [2.75, 3.05) is 44.2 Å². The molecular formula is C20H24ClN5O2. The smallest absolute Gasteiger partial charge is 0.263 e. The maximum absolute atomic E-state index is 12.7. The monoisotopic (exact) mass is 401 g/mol. The quantitative estimate of drug-likeness (QED) is 0.849. The van der Waals surface area contributed by atoms with Gasteiger partial charge in [0.05, 0.1) is 6.33 Å². The Kier molecular flexibility index (Phi) is 5.64. The van der Waals surface area contributed by atoms with Crippen LogP contribution in [0.4, 0.5) is 5.69 Å². The van der Waals surface area contributed by atoms with Crippen molar-refractivity contribution in [1.82, 2.24) is 19.8 Å². The summed E-state index contributed by atoms with van der Waals surface area (Å²) < 4.78 is 0. The van der Waals surface area contributed by atoms with Gasteiger partial charge in [0.15, 0.2) is 0 Å². The number of halogens is 1. The van der Waals surface area contributed by atoms with Gasteiger partial charge in [0.1, 0.15) is 5.56 Å². The summed E-state index contributed by atoms with van der Waals surface area (Å²) in [7, 11) is 0. The van der Waals surface area contributed by atoms with E-state index in [9.17, 15) is 9.59 Å². The first kappa shape index (κ1) is 19.0. The normalized spacial score (nSPS) is 21.0. The molecule has 3 heterocycles. The van der Waals surface area contributed by atoms with Crippen LogP contribution in [0.1, 0.15) is 23.2 Å². The van der Waals surface area contributed by atoms with Crippen molar-refractivity contribution in [1.29, 1.82) is 0 Å². The summed E-state index contributed by atoms with van der Waals surface area (Å²) >= 11 is 6.12. The topological polar surface area (TPSA) is 72.5 Å². The highest BCUT2D eigenvalue weighted by atomic mass is 35.5. The van der Waals surface area contributed by atoms with Gasteiger partial charge >= 0.3 is 0 Å². The number of likely N-dealkylation sites (tertiary alicyclic amines) is 1. The van der Waals surface area contributed by atoms with E-state index >= 15 is 0 Å². The fourth-order valence-corrected chi connectivity index (χ4v) is 4.31. The molecule has 148 valence electrons. The summed E-state index contributed by atoms with van der Waals surface area (Å²) in [5.74, 6) is -0.225. The Morgan fingerprint density at radius 3 is 2.75 bits per heavy atom. The first-order valence-corrected chi connectivity index (χ1v) is 10.1. The van der Waals surface area contributed by atoms with Crippen LogP contribution in [-0.4, -0.2) is 71.0 Å². The third-order valence-electron chi connectivity index (χ3n) is 5.64. The number of aromatic nitrogens is 2. The molecule has 2 fully saturated rings. The summed E-state index contributed by atoms with van der Waals surface area (Å²) in [6, 6.07) is 8.30. The highest BCUT2D eigenvalue weighted by Gasteiger charge is 2.31. The van der Waals surface area contributed by atoms with Gasteiger partial charge in [0.25, 0.3) is 11.5 Å². The molecule has 7 nitrogen and oxygen atoms in total. The Balaban J connectivity index is 1.37. The van der Waals surface area contributed by atoms with Gasteiger partial charge in [-0.25, -0.2) is 4.98 Å². The Morgan fingerprint density at radius 2 is 2.00 bits per heavy atom. The van der Waals surface area contributed by atoms with Crippen LogP contribution in [0.3, 0.4) is 0 Å². The second kappa shape index (κ2) is 8.32. The summed E-state index contributed by atoms with van der Waals surface area (Å²) in [4.78, 5) is 37.6. The molecule has 4 rings (SSSR count). The van der Waals surface area contributed by atoms with Crippen molar-refractivity contribution < 1.29 is 4.79 Å². The summed E-state index contributed by atoms with van der Waals surface area (Å²) in [6.07, 6.45) is 4.68. The van der Waals surface area contributed by atoms with Crippen LogP contribution >= 0.6 is 11.6 Å². The van der Waals surface area contributed by atoms with E-state index in [2.05, 4.69) is 25.8 Å². The standard InChI is InChI=1S/C20H24ClN5O2/c21-15-3-1-4-16(11-15)24-7-9-25(10-8-24)17-5-2-6-26(13-17)20(28)18-12-22-14-23-19(18)27/h1,3-4,11-12,14,17H,2,5-10,13H2,(H,22,23,27). The number of aromatic amines is 1. The number of nitrogens with one attached hydrogen (secondary N) is 1. The summed E-state index contributed by atoms with van der Waals surface area (Å²) in [5, 5.41) is 0.756. The molecule has 2 aliphatic rings. The predicted molar refractivity (Wildman–Crippen MR) is 109 cm³/mol. The summed E-state index contributed by atoms with van der Waals surface area (Å²) in [6.45, 7) is 5.12. The largest absolute Gasteiger partial charge is 0.369 e. The molecule has 1 unspecified atom stereocenters. The van der Waals surface area contributed by atoms with E-state index in [1.54, 1.807) is 4.90 Å². The zero-order chi connectivity index (χ0) is 19.5. The number of carbonyl (C=O) groups is 1. The molecule has 0 radical (unpaired) electrons. The molecule has 0 aliphatic carbocycles. The second-order valence-electron chi connectivity index (χ2n) is 7.34. The number of amides is 1. The van der Waals surface area contributed by atoms with Crippen molar-refractivity contribution in [3.63, 3.8) is 0 Å². The molecule has 8 heteroatoms.